The molecule has 0 radical (unpaired) electrons. The molecule has 3 heterocycles. The number of aryl methyl sites for hydroxylation is 1. The molecule has 2 saturated heterocycles. The molecule has 1 unspecified atom stereocenters. The number of morpholine rings is 1. The zero-order valence-corrected chi connectivity index (χ0v) is 13.2. The number of anilines is 1. The topological polar surface area (TPSA) is 45.7 Å². The minimum Gasteiger partial charge on any atom is -0.365 e. The van der Waals surface area contributed by atoms with Crippen LogP contribution < -0.4 is 4.90 Å². The van der Waals surface area contributed by atoms with Gasteiger partial charge in [-0.25, -0.2) is 13.8 Å². The van der Waals surface area contributed by atoms with Gasteiger partial charge < -0.3 is 14.5 Å². The number of rotatable bonds is 2. The molecule has 1 amide bonds. The van der Waals surface area contributed by atoms with Gasteiger partial charge in [-0.15, -0.1) is 0 Å². The molecule has 1 aromatic heterocycles. The second-order valence-electron chi connectivity index (χ2n) is 6.18. The van der Waals surface area contributed by atoms with Gasteiger partial charge in [0.2, 0.25) is 0 Å². The van der Waals surface area contributed by atoms with Gasteiger partial charge in [0.25, 0.3) is 11.8 Å². The lowest BCUT2D eigenvalue weighted by Gasteiger charge is -2.38. The first-order valence-corrected chi connectivity index (χ1v) is 7.90. The van der Waals surface area contributed by atoms with Crippen LogP contribution in [0, 0.1) is 6.92 Å². The average Bonchev–Trinajstić information content (AvgIpc) is 2.54. The van der Waals surface area contributed by atoms with Crippen molar-refractivity contribution in [2.75, 3.05) is 37.7 Å². The Bertz CT molecular complexity index is 572. The maximum Gasteiger partial charge on any atom is 0.253 e. The SMILES string of the molecule is Cc1ccnc(N2CCOC(C(=O)N3CCC(F)(F)CC3)C2)c1. The number of carbonyl (C=O) groups is 1. The number of halogens is 2. The van der Waals surface area contributed by atoms with Crippen molar-refractivity contribution in [1.29, 1.82) is 0 Å². The number of likely N-dealkylation sites (tertiary alicyclic amines) is 1. The summed E-state index contributed by atoms with van der Waals surface area (Å²) in [4.78, 5) is 20.4. The van der Waals surface area contributed by atoms with E-state index >= 15 is 0 Å². The van der Waals surface area contributed by atoms with E-state index in [4.69, 9.17) is 4.74 Å². The van der Waals surface area contributed by atoms with E-state index < -0.39 is 12.0 Å². The van der Waals surface area contributed by atoms with Crippen molar-refractivity contribution in [3.8, 4) is 0 Å². The lowest BCUT2D eigenvalue weighted by Crippen LogP contribution is -2.53. The van der Waals surface area contributed by atoms with Gasteiger partial charge in [-0.3, -0.25) is 4.79 Å². The van der Waals surface area contributed by atoms with Gasteiger partial charge in [-0.05, 0) is 24.6 Å². The fourth-order valence-corrected chi connectivity index (χ4v) is 2.96. The summed E-state index contributed by atoms with van der Waals surface area (Å²) in [6, 6.07) is 3.88. The molecule has 1 aromatic rings. The number of hydrogen-bond acceptors (Lipinski definition) is 4. The third-order valence-electron chi connectivity index (χ3n) is 4.37. The molecule has 2 aliphatic rings. The molecule has 2 fully saturated rings. The van der Waals surface area contributed by atoms with Crippen LogP contribution in [0.4, 0.5) is 14.6 Å². The summed E-state index contributed by atoms with van der Waals surface area (Å²) in [5, 5.41) is 0. The molecular formula is C16H21F2N3O2. The summed E-state index contributed by atoms with van der Waals surface area (Å²) in [6.07, 6.45) is 0.588. The first kappa shape index (κ1) is 16.1. The van der Waals surface area contributed by atoms with E-state index in [2.05, 4.69) is 4.98 Å². The molecule has 0 aromatic carbocycles. The average molecular weight is 325 g/mol. The van der Waals surface area contributed by atoms with Crippen LogP contribution in [0.15, 0.2) is 18.3 Å². The predicted octanol–water partition coefficient (Wildman–Crippen LogP) is 1.85. The quantitative estimate of drug-likeness (QED) is 0.832. The zero-order valence-electron chi connectivity index (χ0n) is 13.2. The van der Waals surface area contributed by atoms with Crippen LogP contribution in [-0.2, 0) is 9.53 Å². The Morgan fingerprint density at radius 1 is 1.35 bits per heavy atom. The van der Waals surface area contributed by atoms with Crippen LogP contribution in [0.25, 0.3) is 0 Å². The van der Waals surface area contributed by atoms with Gasteiger partial charge in [0.15, 0.2) is 6.10 Å². The lowest BCUT2D eigenvalue weighted by molar-refractivity contribution is -0.150. The Hall–Kier alpha value is -1.76. The normalized spacial score (nSPS) is 24.6. The third-order valence-corrected chi connectivity index (χ3v) is 4.37. The van der Waals surface area contributed by atoms with Gasteiger partial charge in [0.1, 0.15) is 5.82 Å². The van der Waals surface area contributed by atoms with Crippen LogP contribution in [0.5, 0.6) is 0 Å². The van der Waals surface area contributed by atoms with Crippen molar-refractivity contribution in [3.63, 3.8) is 0 Å². The number of piperidine rings is 1. The van der Waals surface area contributed by atoms with Crippen LogP contribution in [-0.4, -0.2) is 60.6 Å². The maximum absolute atomic E-state index is 13.2. The Morgan fingerprint density at radius 2 is 2.09 bits per heavy atom. The molecule has 0 spiro atoms. The smallest absolute Gasteiger partial charge is 0.253 e. The van der Waals surface area contributed by atoms with Crippen LogP contribution in [0.2, 0.25) is 0 Å². The second-order valence-corrected chi connectivity index (χ2v) is 6.18. The van der Waals surface area contributed by atoms with E-state index in [-0.39, 0.29) is 31.8 Å². The van der Waals surface area contributed by atoms with Gasteiger partial charge in [0.05, 0.1) is 13.2 Å². The van der Waals surface area contributed by atoms with Crippen molar-refractivity contribution in [3.05, 3.63) is 23.9 Å². The number of nitrogens with zero attached hydrogens (tertiary/aromatic N) is 3. The molecular weight excluding hydrogens is 304 g/mol. The maximum atomic E-state index is 13.2. The molecule has 0 saturated carbocycles. The summed E-state index contributed by atoms with van der Waals surface area (Å²) in [5.41, 5.74) is 1.10. The highest BCUT2D eigenvalue weighted by molar-refractivity contribution is 5.82. The first-order chi connectivity index (χ1) is 10.9. The molecule has 0 bridgehead atoms. The lowest BCUT2D eigenvalue weighted by atomic mass is 10.1. The molecule has 1 atom stereocenters. The van der Waals surface area contributed by atoms with Gasteiger partial charge in [-0.2, -0.15) is 0 Å². The molecule has 0 N–H and O–H groups in total. The van der Waals surface area contributed by atoms with Crippen molar-refractivity contribution in [2.24, 2.45) is 0 Å². The van der Waals surface area contributed by atoms with E-state index in [1.807, 2.05) is 24.0 Å². The predicted molar refractivity (Wildman–Crippen MR) is 81.7 cm³/mol. The van der Waals surface area contributed by atoms with Crippen molar-refractivity contribution in [1.82, 2.24) is 9.88 Å². The number of pyridine rings is 1. The largest absolute Gasteiger partial charge is 0.365 e. The highest BCUT2D eigenvalue weighted by Crippen LogP contribution is 2.28. The van der Waals surface area contributed by atoms with Crippen LogP contribution in [0.1, 0.15) is 18.4 Å². The number of amides is 1. The number of alkyl halides is 2. The summed E-state index contributed by atoms with van der Waals surface area (Å²) in [6.45, 7) is 3.67. The highest BCUT2D eigenvalue weighted by Gasteiger charge is 2.38. The second kappa shape index (κ2) is 6.39. The summed E-state index contributed by atoms with van der Waals surface area (Å²) in [7, 11) is 0. The van der Waals surface area contributed by atoms with E-state index in [0.717, 1.165) is 11.4 Å². The molecule has 3 rings (SSSR count). The Balaban J connectivity index is 1.63. The zero-order chi connectivity index (χ0) is 16.4. The number of hydrogen-bond donors (Lipinski definition) is 0. The van der Waals surface area contributed by atoms with E-state index in [1.165, 1.54) is 4.90 Å². The minimum absolute atomic E-state index is 0.0917. The molecule has 5 nitrogen and oxygen atoms in total. The van der Waals surface area contributed by atoms with Gasteiger partial charge in [0, 0.05) is 38.7 Å². The van der Waals surface area contributed by atoms with Crippen molar-refractivity contribution >= 4 is 11.7 Å². The third kappa shape index (κ3) is 3.77. The van der Waals surface area contributed by atoms with Crippen molar-refractivity contribution < 1.29 is 18.3 Å². The molecule has 2 aliphatic heterocycles. The van der Waals surface area contributed by atoms with Gasteiger partial charge in [-0.1, -0.05) is 0 Å². The Kier molecular flexibility index (Phi) is 4.48. The summed E-state index contributed by atoms with van der Waals surface area (Å²) in [5.74, 6) is -2.03. The van der Waals surface area contributed by atoms with Crippen LogP contribution in [0.3, 0.4) is 0 Å². The van der Waals surface area contributed by atoms with E-state index in [0.29, 0.717) is 19.7 Å². The molecule has 126 valence electrons. The van der Waals surface area contributed by atoms with Gasteiger partial charge >= 0.3 is 0 Å². The number of aromatic nitrogens is 1. The summed E-state index contributed by atoms with van der Waals surface area (Å²) < 4.78 is 32.0. The standard InChI is InChI=1S/C16H21F2N3O2/c1-12-2-5-19-14(10-12)21-8-9-23-13(11-21)15(22)20-6-3-16(17,18)4-7-20/h2,5,10,13H,3-4,6-9,11H2,1H3. The number of carbonyl (C=O) groups excluding carboxylic acids is 1. The number of ether oxygens (including phenoxy) is 1. The highest BCUT2D eigenvalue weighted by atomic mass is 19.3. The molecule has 7 heteroatoms. The summed E-state index contributed by atoms with van der Waals surface area (Å²) >= 11 is 0. The Morgan fingerprint density at radius 3 is 2.78 bits per heavy atom. The molecule has 23 heavy (non-hydrogen) atoms. The fourth-order valence-electron chi connectivity index (χ4n) is 2.96. The fraction of sp³-hybridized carbons (Fsp3) is 0.625. The van der Waals surface area contributed by atoms with E-state index in [1.54, 1.807) is 6.20 Å². The Labute approximate surface area is 134 Å². The minimum atomic E-state index is -2.65. The van der Waals surface area contributed by atoms with Crippen molar-refractivity contribution in [2.45, 2.75) is 31.8 Å². The van der Waals surface area contributed by atoms with E-state index in [9.17, 15) is 13.6 Å². The molecule has 0 aliphatic carbocycles. The monoisotopic (exact) mass is 325 g/mol. The van der Waals surface area contributed by atoms with Crippen LogP contribution >= 0.6 is 0 Å². The first-order valence-electron chi connectivity index (χ1n) is 7.90.